The maximum Gasteiger partial charge on any atom is 0.123 e. The van der Waals surface area contributed by atoms with Gasteiger partial charge in [0.15, 0.2) is 0 Å². The molecule has 0 bridgehead atoms. The molecule has 1 aromatic heterocycles. The number of hydrogen-bond acceptors (Lipinski definition) is 3. The number of nitrogens with zero attached hydrogens (tertiary/aromatic N) is 1. The standard InChI is InChI=1S/C14H15BrN2O/c1-9-6-7-12(10(2)14(9)18)16-8-11-4-3-5-13(15)17-11/h3-7,16,18H,8H2,1-2H3. The molecule has 1 heterocycles. The predicted octanol–water partition coefficient (Wildman–Crippen LogP) is 3.78. The Hall–Kier alpha value is -1.55. The molecule has 0 atom stereocenters. The largest absolute Gasteiger partial charge is 0.507 e. The van der Waals surface area contributed by atoms with Crippen molar-refractivity contribution in [2.45, 2.75) is 20.4 Å². The summed E-state index contributed by atoms with van der Waals surface area (Å²) in [4.78, 5) is 4.35. The number of halogens is 1. The van der Waals surface area contributed by atoms with Crippen LogP contribution in [0.1, 0.15) is 16.8 Å². The summed E-state index contributed by atoms with van der Waals surface area (Å²) < 4.78 is 0.824. The van der Waals surface area contributed by atoms with Crippen LogP contribution in [0.5, 0.6) is 5.75 Å². The zero-order valence-electron chi connectivity index (χ0n) is 10.4. The Kier molecular flexibility index (Phi) is 3.87. The lowest BCUT2D eigenvalue weighted by atomic mass is 10.1. The molecule has 4 heteroatoms. The minimum atomic E-state index is 0.349. The fourth-order valence-electron chi connectivity index (χ4n) is 1.76. The molecule has 1 aromatic carbocycles. The molecule has 2 aromatic rings. The Morgan fingerprint density at radius 3 is 2.72 bits per heavy atom. The molecule has 0 aliphatic rings. The zero-order chi connectivity index (χ0) is 13.1. The first kappa shape index (κ1) is 12.9. The Balaban J connectivity index is 2.14. The number of rotatable bonds is 3. The topological polar surface area (TPSA) is 45.2 Å². The van der Waals surface area contributed by atoms with Gasteiger partial charge in [0.25, 0.3) is 0 Å². The first-order valence-corrected chi connectivity index (χ1v) is 6.51. The average molecular weight is 307 g/mol. The summed E-state index contributed by atoms with van der Waals surface area (Å²) in [5.41, 5.74) is 3.63. The van der Waals surface area contributed by atoms with Crippen LogP contribution in [-0.2, 0) is 6.54 Å². The SMILES string of the molecule is Cc1ccc(NCc2cccc(Br)n2)c(C)c1O. The normalized spacial score (nSPS) is 10.4. The minimum absolute atomic E-state index is 0.349. The highest BCUT2D eigenvalue weighted by atomic mass is 79.9. The number of hydrogen-bond donors (Lipinski definition) is 2. The van der Waals surface area contributed by atoms with Crippen molar-refractivity contribution in [2.24, 2.45) is 0 Å². The van der Waals surface area contributed by atoms with E-state index in [0.29, 0.717) is 12.3 Å². The summed E-state index contributed by atoms with van der Waals surface area (Å²) in [6, 6.07) is 9.68. The number of phenols is 1. The van der Waals surface area contributed by atoms with Crippen LogP contribution in [0.15, 0.2) is 34.9 Å². The Morgan fingerprint density at radius 1 is 1.22 bits per heavy atom. The molecule has 0 saturated carbocycles. The molecule has 0 aliphatic heterocycles. The van der Waals surface area contributed by atoms with Gasteiger partial charge in [-0.1, -0.05) is 12.1 Å². The number of aromatic hydroxyl groups is 1. The second-order valence-electron chi connectivity index (χ2n) is 4.21. The van der Waals surface area contributed by atoms with Gasteiger partial charge in [-0.25, -0.2) is 4.98 Å². The Morgan fingerprint density at radius 2 is 2.00 bits per heavy atom. The van der Waals surface area contributed by atoms with Crippen molar-refractivity contribution in [3.8, 4) is 5.75 Å². The van der Waals surface area contributed by atoms with E-state index in [4.69, 9.17) is 0 Å². The van der Waals surface area contributed by atoms with Crippen molar-refractivity contribution < 1.29 is 5.11 Å². The zero-order valence-corrected chi connectivity index (χ0v) is 12.0. The summed E-state index contributed by atoms with van der Waals surface area (Å²) in [6.07, 6.45) is 0. The van der Waals surface area contributed by atoms with Gasteiger partial charge in [0.05, 0.1) is 12.2 Å². The second-order valence-corrected chi connectivity index (χ2v) is 5.02. The third-order valence-electron chi connectivity index (χ3n) is 2.87. The number of anilines is 1. The number of nitrogens with one attached hydrogen (secondary N) is 1. The van der Waals surface area contributed by atoms with Crippen molar-refractivity contribution >= 4 is 21.6 Å². The van der Waals surface area contributed by atoms with Crippen molar-refractivity contribution in [1.82, 2.24) is 4.98 Å². The molecule has 0 fully saturated rings. The first-order chi connectivity index (χ1) is 8.58. The molecule has 0 radical (unpaired) electrons. The number of aromatic nitrogens is 1. The summed E-state index contributed by atoms with van der Waals surface area (Å²) in [5.74, 6) is 0.349. The van der Waals surface area contributed by atoms with Crippen molar-refractivity contribution in [3.63, 3.8) is 0 Å². The van der Waals surface area contributed by atoms with Crippen LogP contribution in [0.2, 0.25) is 0 Å². The van der Waals surface area contributed by atoms with Crippen LogP contribution in [-0.4, -0.2) is 10.1 Å². The lowest BCUT2D eigenvalue weighted by Crippen LogP contribution is -2.03. The highest BCUT2D eigenvalue weighted by Crippen LogP contribution is 2.28. The van der Waals surface area contributed by atoms with Crippen LogP contribution in [0.3, 0.4) is 0 Å². The maximum atomic E-state index is 9.87. The van der Waals surface area contributed by atoms with Crippen molar-refractivity contribution in [1.29, 1.82) is 0 Å². The Bertz CT molecular complexity index is 570. The van der Waals surface area contributed by atoms with E-state index in [-0.39, 0.29) is 0 Å². The molecule has 18 heavy (non-hydrogen) atoms. The summed E-state index contributed by atoms with van der Waals surface area (Å²) >= 11 is 3.35. The molecule has 94 valence electrons. The number of benzene rings is 1. The van der Waals surface area contributed by atoms with Gasteiger partial charge in [-0.15, -0.1) is 0 Å². The molecule has 0 aliphatic carbocycles. The van der Waals surface area contributed by atoms with E-state index in [0.717, 1.165) is 27.1 Å². The van der Waals surface area contributed by atoms with Crippen molar-refractivity contribution in [2.75, 3.05) is 5.32 Å². The first-order valence-electron chi connectivity index (χ1n) is 5.72. The second kappa shape index (κ2) is 5.40. The van der Waals surface area contributed by atoms with Crippen LogP contribution in [0, 0.1) is 13.8 Å². The average Bonchev–Trinajstić information content (AvgIpc) is 2.35. The molecular formula is C14H15BrN2O. The van der Waals surface area contributed by atoms with Gasteiger partial charge in [-0.2, -0.15) is 0 Å². The third-order valence-corrected chi connectivity index (χ3v) is 3.31. The van der Waals surface area contributed by atoms with Crippen molar-refractivity contribution in [3.05, 3.63) is 51.8 Å². The predicted molar refractivity (Wildman–Crippen MR) is 76.8 cm³/mol. The van der Waals surface area contributed by atoms with Gasteiger partial charge in [-0.3, -0.25) is 0 Å². The molecule has 3 nitrogen and oxygen atoms in total. The fraction of sp³-hybridized carbons (Fsp3) is 0.214. The molecule has 2 rings (SSSR count). The van der Waals surface area contributed by atoms with Gasteiger partial charge in [0, 0.05) is 11.3 Å². The summed E-state index contributed by atoms with van der Waals surface area (Å²) in [6.45, 7) is 4.42. The van der Waals surface area contributed by atoms with Crippen LogP contribution < -0.4 is 5.32 Å². The lowest BCUT2D eigenvalue weighted by molar-refractivity contribution is 0.467. The van der Waals surface area contributed by atoms with Gasteiger partial charge in [0.1, 0.15) is 10.4 Å². The molecule has 0 amide bonds. The number of pyridine rings is 1. The number of aryl methyl sites for hydroxylation is 1. The lowest BCUT2D eigenvalue weighted by Gasteiger charge is -2.12. The van der Waals surface area contributed by atoms with E-state index < -0.39 is 0 Å². The molecule has 0 unspecified atom stereocenters. The monoisotopic (exact) mass is 306 g/mol. The third kappa shape index (κ3) is 2.82. The fourth-order valence-corrected chi connectivity index (χ4v) is 2.14. The van der Waals surface area contributed by atoms with E-state index in [2.05, 4.69) is 26.2 Å². The molecule has 0 saturated heterocycles. The van der Waals surface area contributed by atoms with Gasteiger partial charge in [-0.05, 0) is 53.5 Å². The Labute approximate surface area is 115 Å². The summed E-state index contributed by atoms with van der Waals surface area (Å²) in [7, 11) is 0. The quantitative estimate of drug-likeness (QED) is 0.848. The van der Waals surface area contributed by atoms with E-state index in [1.807, 2.05) is 44.2 Å². The summed E-state index contributed by atoms with van der Waals surface area (Å²) in [5, 5.41) is 13.1. The van der Waals surface area contributed by atoms with Crippen LogP contribution >= 0.6 is 15.9 Å². The highest BCUT2D eigenvalue weighted by molar-refractivity contribution is 9.10. The van der Waals surface area contributed by atoms with Crippen LogP contribution in [0.4, 0.5) is 5.69 Å². The maximum absolute atomic E-state index is 9.87. The molecular weight excluding hydrogens is 292 g/mol. The van der Waals surface area contributed by atoms with Gasteiger partial charge < -0.3 is 10.4 Å². The van der Waals surface area contributed by atoms with Crippen LogP contribution in [0.25, 0.3) is 0 Å². The minimum Gasteiger partial charge on any atom is -0.507 e. The van der Waals surface area contributed by atoms with Gasteiger partial charge >= 0.3 is 0 Å². The molecule has 2 N–H and O–H groups in total. The highest BCUT2D eigenvalue weighted by Gasteiger charge is 2.06. The molecule has 0 spiro atoms. The van der Waals surface area contributed by atoms with E-state index in [9.17, 15) is 5.11 Å². The smallest absolute Gasteiger partial charge is 0.123 e. The van der Waals surface area contributed by atoms with Gasteiger partial charge in [0.2, 0.25) is 0 Å². The number of phenolic OH excluding ortho intramolecular Hbond substituents is 1. The van der Waals surface area contributed by atoms with E-state index >= 15 is 0 Å². The van der Waals surface area contributed by atoms with E-state index in [1.54, 1.807) is 0 Å². The van der Waals surface area contributed by atoms with E-state index in [1.165, 1.54) is 0 Å².